The predicted molar refractivity (Wildman–Crippen MR) is 124 cm³/mol. The predicted octanol–water partition coefficient (Wildman–Crippen LogP) is 4.21. The van der Waals surface area contributed by atoms with Crippen molar-refractivity contribution in [3.8, 4) is 17.0 Å². The number of methoxy groups -OCH3 is 1. The number of nitrogens with zero attached hydrogens (tertiary/aromatic N) is 3. The average Bonchev–Trinajstić information content (AvgIpc) is 2.84. The molecule has 0 radical (unpaired) electrons. The zero-order valence-electron chi connectivity index (χ0n) is 18.2. The summed E-state index contributed by atoms with van der Waals surface area (Å²) in [5, 5.41) is 11.7. The molecule has 0 bridgehead atoms. The highest BCUT2D eigenvalue weighted by atomic mass is 16.5. The van der Waals surface area contributed by atoms with Crippen LogP contribution in [0, 0.1) is 5.92 Å². The summed E-state index contributed by atoms with van der Waals surface area (Å²) in [4.78, 5) is 26.4. The van der Waals surface area contributed by atoms with Crippen molar-refractivity contribution >= 4 is 23.2 Å². The molecule has 1 amide bonds. The van der Waals surface area contributed by atoms with Crippen LogP contribution in [0.1, 0.15) is 30.1 Å². The van der Waals surface area contributed by atoms with Gasteiger partial charge in [-0.3, -0.25) is 9.59 Å². The smallest absolute Gasteiger partial charge is 0.227 e. The van der Waals surface area contributed by atoms with Gasteiger partial charge in [0.25, 0.3) is 0 Å². The van der Waals surface area contributed by atoms with Crippen molar-refractivity contribution in [1.29, 1.82) is 0 Å². The first kappa shape index (κ1) is 21.5. The molecule has 1 aliphatic rings. The Morgan fingerprint density at radius 2 is 1.78 bits per heavy atom. The van der Waals surface area contributed by atoms with Gasteiger partial charge in [-0.25, -0.2) is 0 Å². The maximum absolute atomic E-state index is 12.7. The number of ether oxygens (including phenoxy) is 1. The van der Waals surface area contributed by atoms with Crippen molar-refractivity contribution in [3.05, 3.63) is 66.2 Å². The number of hydrogen-bond donors (Lipinski definition) is 1. The first-order valence-electron chi connectivity index (χ1n) is 10.7. The van der Waals surface area contributed by atoms with Crippen LogP contribution in [0.3, 0.4) is 0 Å². The minimum atomic E-state index is -0.0759. The number of benzene rings is 2. The second-order valence-corrected chi connectivity index (χ2v) is 7.86. The molecule has 1 N–H and O–H groups in total. The second kappa shape index (κ2) is 9.60. The Hall–Kier alpha value is -3.74. The third-order valence-electron chi connectivity index (χ3n) is 5.76. The molecule has 0 atom stereocenters. The monoisotopic (exact) mass is 430 g/mol. The van der Waals surface area contributed by atoms with Gasteiger partial charge in [0.05, 0.1) is 12.8 Å². The molecule has 1 fully saturated rings. The number of hydrogen-bond acceptors (Lipinski definition) is 6. The summed E-state index contributed by atoms with van der Waals surface area (Å²) in [6.45, 7) is 2.98. The highest BCUT2D eigenvalue weighted by Crippen LogP contribution is 2.29. The largest absolute Gasteiger partial charge is 0.496 e. The fourth-order valence-corrected chi connectivity index (χ4v) is 3.92. The summed E-state index contributed by atoms with van der Waals surface area (Å²) in [5.74, 6) is 1.45. The van der Waals surface area contributed by atoms with E-state index >= 15 is 0 Å². The molecule has 2 heterocycles. The van der Waals surface area contributed by atoms with E-state index in [4.69, 9.17) is 4.74 Å². The van der Waals surface area contributed by atoms with Crippen LogP contribution in [0.15, 0.2) is 60.7 Å². The summed E-state index contributed by atoms with van der Waals surface area (Å²) in [6.07, 6.45) is 1.46. The molecule has 2 aromatic carbocycles. The van der Waals surface area contributed by atoms with E-state index in [1.54, 1.807) is 31.4 Å². The number of aromatic nitrogens is 2. The van der Waals surface area contributed by atoms with Crippen LogP contribution in [-0.2, 0) is 4.79 Å². The van der Waals surface area contributed by atoms with E-state index in [1.807, 2.05) is 36.4 Å². The van der Waals surface area contributed by atoms with Gasteiger partial charge in [0.1, 0.15) is 5.75 Å². The second-order valence-electron chi connectivity index (χ2n) is 7.86. The molecule has 0 saturated carbocycles. The molecule has 1 aliphatic heterocycles. The number of Topliss-reactive ketones (excluding diaryl/α,β-unsaturated/α-hetero) is 1. The summed E-state index contributed by atoms with van der Waals surface area (Å²) in [6, 6.07) is 18.7. The molecule has 1 aromatic heterocycles. The summed E-state index contributed by atoms with van der Waals surface area (Å²) < 4.78 is 5.41. The maximum Gasteiger partial charge on any atom is 0.227 e. The van der Waals surface area contributed by atoms with Gasteiger partial charge in [0.15, 0.2) is 11.6 Å². The molecule has 3 aromatic rings. The van der Waals surface area contributed by atoms with Gasteiger partial charge < -0.3 is 15.0 Å². The lowest BCUT2D eigenvalue weighted by atomic mass is 9.95. The average molecular weight is 431 g/mol. The molecule has 1 saturated heterocycles. The quantitative estimate of drug-likeness (QED) is 0.590. The summed E-state index contributed by atoms with van der Waals surface area (Å²) in [7, 11) is 1.64. The van der Waals surface area contributed by atoms with Crippen LogP contribution in [0.5, 0.6) is 5.75 Å². The molecule has 0 spiro atoms. The van der Waals surface area contributed by atoms with Crippen LogP contribution in [-0.4, -0.2) is 42.1 Å². The number of carbonyl (C=O) groups is 2. The van der Waals surface area contributed by atoms with Crippen LogP contribution in [0.4, 0.5) is 11.5 Å². The molecule has 7 heteroatoms. The molecule has 32 heavy (non-hydrogen) atoms. The highest BCUT2D eigenvalue weighted by molar-refractivity contribution is 5.97. The minimum absolute atomic E-state index is 0.0112. The highest BCUT2D eigenvalue weighted by Gasteiger charge is 2.26. The lowest BCUT2D eigenvalue weighted by Crippen LogP contribution is -2.38. The number of rotatable bonds is 6. The van der Waals surface area contributed by atoms with Gasteiger partial charge in [-0.15, -0.1) is 10.2 Å². The number of piperidine rings is 1. The molecule has 0 unspecified atom stereocenters. The topological polar surface area (TPSA) is 84.4 Å². The Bertz CT molecular complexity index is 1110. The van der Waals surface area contributed by atoms with Crippen molar-refractivity contribution < 1.29 is 14.3 Å². The Kier molecular flexibility index (Phi) is 6.44. The Labute approximate surface area is 187 Å². The number of para-hydroxylation sites is 1. The fraction of sp³-hybridized carbons (Fsp3) is 0.280. The van der Waals surface area contributed by atoms with Crippen LogP contribution >= 0.6 is 0 Å². The number of amides is 1. The van der Waals surface area contributed by atoms with Gasteiger partial charge in [-0.2, -0.15) is 0 Å². The van der Waals surface area contributed by atoms with Gasteiger partial charge in [-0.1, -0.05) is 24.3 Å². The van der Waals surface area contributed by atoms with Crippen molar-refractivity contribution in [3.63, 3.8) is 0 Å². The number of ketones is 1. The Morgan fingerprint density at radius 1 is 1.00 bits per heavy atom. The van der Waals surface area contributed by atoms with Gasteiger partial charge in [0.2, 0.25) is 5.91 Å². The van der Waals surface area contributed by atoms with Crippen LogP contribution in [0.2, 0.25) is 0 Å². The minimum Gasteiger partial charge on any atom is -0.496 e. The SMILES string of the molecule is COc1ccccc1-c1ccc(N2CCC(C(=O)Nc3cccc(C(C)=O)c3)CC2)nn1. The van der Waals surface area contributed by atoms with Gasteiger partial charge in [0, 0.05) is 35.8 Å². The Morgan fingerprint density at radius 3 is 2.47 bits per heavy atom. The third kappa shape index (κ3) is 4.77. The lowest BCUT2D eigenvalue weighted by molar-refractivity contribution is -0.120. The molecular weight excluding hydrogens is 404 g/mol. The lowest BCUT2D eigenvalue weighted by Gasteiger charge is -2.31. The van der Waals surface area contributed by atoms with E-state index in [-0.39, 0.29) is 17.6 Å². The van der Waals surface area contributed by atoms with Crippen molar-refractivity contribution in [2.75, 3.05) is 30.4 Å². The van der Waals surface area contributed by atoms with E-state index in [0.29, 0.717) is 11.3 Å². The standard InChI is InChI=1S/C25H26N4O3/c1-17(30)19-6-5-7-20(16-19)26-25(31)18-12-14-29(15-13-18)24-11-10-22(27-28-24)21-8-3-4-9-23(21)32-2/h3-11,16,18H,12-15H2,1-2H3,(H,26,31). The van der Waals surface area contributed by atoms with Gasteiger partial charge >= 0.3 is 0 Å². The number of anilines is 2. The van der Waals surface area contributed by atoms with Crippen LogP contribution < -0.4 is 15.0 Å². The normalized spacial score (nSPS) is 14.1. The molecule has 4 rings (SSSR count). The molecule has 0 aliphatic carbocycles. The summed E-state index contributed by atoms with van der Waals surface area (Å²) >= 11 is 0. The van der Waals surface area contributed by atoms with E-state index < -0.39 is 0 Å². The number of nitrogens with one attached hydrogen (secondary N) is 1. The first-order valence-corrected chi connectivity index (χ1v) is 10.7. The Balaban J connectivity index is 1.36. The van der Waals surface area contributed by atoms with E-state index in [9.17, 15) is 9.59 Å². The van der Waals surface area contributed by atoms with E-state index in [0.717, 1.165) is 48.8 Å². The van der Waals surface area contributed by atoms with E-state index in [2.05, 4.69) is 20.4 Å². The van der Waals surface area contributed by atoms with Gasteiger partial charge in [-0.05, 0) is 56.2 Å². The molecular formula is C25H26N4O3. The first-order chi connectivity index (χ1) is 15.5. The summed E-state index contributed by atoms with van der Waals surface area (Å²) in [5.41, 5.74) is 2.90. The zero-order chi connectivity index (χ0) is 22.5. The molecule has 164 valence electrons. The third-order valence-corrected chi connectivity index (χ3v) is 5.76. The fourth-order valence-electron chi connectivity index (χ4n) is 3.92. The molecule has 7 nitrogen and oxygen atoms in total. The van der Waals surface area contributed by atoms with Crippen molar-refractivity contribution in [2.45, 2.75) is 19.8 Å². The maximum atomic E-state index is 12.7. The number of carbonyl (C=O) groups excluding carboxylic acids is 2. The van der Waals surface area contributed by atoms with Crippen molar-refractivity contribution in [2.24, 2.45) is 5.92 Å². The van der Waals surface area contributed by atoms with Crippen LogP contribution in [0.25, 0.3) is 11.3 Å². The van der Waals surface area contributed by atoms with E-state index in [1.165, 1.54) is 6.92 Å². The zero-order valence-corrected chi connectivity index (χ0v) is 18.2. The van der Waals surface area contributed by atoms with Crippen molar-refractivity contribution in [1.82, 2.24) is 10.2 Å².